The van der Waals surface area contributed by atoms with Crippen LogP contribution in [-0.2, 0) is 24.3 Å². The molecule has 0 atom stereocenters. The Hall–Kier alpha value is -3.11. The van der Waals surface area contributed by atoms with Gasteiger partial charge in [0.25, 0.3) is 5.91 Å². The Bertz CT molecular complexity index is 1040. The highest BCUT2D eigenvalue weighted by Gasteiger charge is 2.22. The van der Waals surface area contributed by atoms with Crippen molar-refractivity contribution >= 4 is 45.4 Å². The lowest BCUT2D eigenvalue weighted by atomic mass is 10.2. The third-order valence-electron chi connectivity index (χ3n) is 3.65. The molecular formula is C19H20ClN3O6S. The molecule has 0 heterocycles. The SMILES string of the molecule is COC(=O)COc1cccc(/C=N\NC(=O)CN(c2ccccc2Cl)S(C)(=O)=O)c1. The maximum atomic E-state index is 12.2. The van der Waals surface area contributed by atoms with Gasteiger partial charge in [-0.3, -0.25) is 9.10 Å². The number of rotatable bonds is 9. The summed E-state index contributed by atoms with van der Waals surface area (Å²) < 4.78 is 34.8. The molecule has 0 aliphatic rings. The number of carbonyl (C=O) groups excluding carboxylic acids is 2. The molecule has 9 nitrogen and oxygen atoms in total. The predicted molar refractivity (Wildman–Crippen MR) is 113 cm³/mol. The second kappa shape index (κ2) is 10.6. The standard InChI is InChI=1S/C19H20ClN3O6S/c1-28-19(25)13-29-15-7-5-6-14(10-15)11-21-22-18(24)12-23(30(2,26)27)17-9-4-3-8-16(17)20/h3-11H,12-13H2,1-2H3,(H,22,24)/b21-11-. The molecular weight excluding hydrogens is 434 g/mol. The number of ether oxygens (including phenoxy) is 2. The summed E-state index contributed by atoms with van der Waals surface area (Å²) >= 11 is 6.05. The van der Waals surface area contributed by atoms with Crippen LogP contribution in [0.1, 0.15) is 5.56 Å². The number of nitrogens with one attached hydrogen (secondary N) is 1. The predicted octanol–water partition coefficient (Wildman–Crippen LogP) is 1.81. The van der Waals surface area contributed by atoms with Crippen LogP contribution in [0.3, 0.4) is 0 Å². The zero-order chi connectivity index (χ0) is 22.1. The molecule has 0 radical (unpaired) electrons. The number of carbonyl (C=O) groups is 2. The van der Waals surface area contributed by atoms with Gasteiger partial charge in [-0.1, -0.05) is 35.9 Å². The number of anilines is 1. The van der Waals surface area contributed by atoms with Gasteiger partial charge in [0.1, 0.15) is 12.3 Å². The summed E-state index contributed by atoms with van der Waals surface area (Å²) in [5.41, 5.74) is 3.05. The fourth-order valence-electron chi connectivity index (χ4n) is 2.27. The summed E-state index contributed by atoms with van der Waals surface area (Å²) in [6.45, 7) is -0.737. The van der Waals surface area contributed by atoms with Gasteiger partial charge in [0.05, 0.1) is 30.3 Å². The molecule has 11 heteroatoms. The van der Waals surface area contributed by atoms with Gasteiger partial charge in [0.2, 0.25) is 10.0 Å². The molecule has 1 amide bonds. The number of benzene rings is 2. The number of amides is 1. The minimum absolute atomic E-state index is 0.191. The van der Waals surface area contributed by atoms with E-state index < -0.39 is 28.4 Å². The number of nitrogens with zero attached hydrogens (tertiary/aromatic N) is 2. The van der Waals surface area contributed by atoms with Crippen molar-refractivity contribution in [2.75, 3.05) is 30.8 Å². The summed E-state index contributed by atoms with van der Waals surface area (Å²) in [7, 11) is -2.49. The summed E-state index contributed by atoms with van der Waals surface area (Å²) in [5.74, 6) is -0.761. The molecule has 0 fully saturated rings. The number of methoxy groups -OCH3 is 1. The third-order valence-corrected chi connectivity index (χ3v) is 5.10. The van der Waals surface area contributed by atoms with Crippen LogP contribution in [0.5, 0.6) is 5.75 Å². The molecule has 0 saturated heterocycles. The van der Waals surface area contributed by atoms with Crippen LogP contribution >= 0.6 is 11.6 Å². The first-order chi connectivity index (χ1) is 14.2. The molecule has 0 aliphatic carbocycles. The van der Waals surface area contributed by atoms with Crippen molar-refractivity contribution in [3.05, 3.63) is 59.1 Å². The zero-order valence-electron chi connectivity index (χ0n) is 16.2. The smallest absolute Gasteiger partial charge is 0.343 e. The van der Waals surface area contributed by atoms with Gasteiger partial charge in [-0.25, -0.2) is 18.6 Å². The molecule has 0 aliphatic heterocycles. The molecule has 1 N–H and O–H groups in total. The molecule has 0 bridgehead atoms. The second-order valence-corrected chi connectivity index (χ2v) is 8.27. The van der Waals surface area contributed by atoms with E-state index in [4.69, 9.17) is 16.3 Å². The van der Waals surface area contributed by atoms with E-state index in [1.807, 2.05) is 0 Å². The van der Waals surface area contributed by atoms with Crippen LogP contribution in [0.15, 0.2) is 53.6 Å². The zero-order valence-corrected chi connectivity index (χ0v) is 17.8. The minimum Gasteiger partial charge on any atom is -0.482 e. The number of hydrazone groups is 1. The topological polar surface area (TPSA) is 114 Å². The molecule has 0 saturated carbocycles. The number of halogens is 1. The highest BCUT2D eigenvalue weighted by Crippen LogP contribution is 2.26. The third kappa shape index (κ3) is 7.05. The molecule has 2 aromatic carbocycles. The van der Waals surface area contributed by atoms with E-state index >= 15 is 0 Å². The first-order valence-electron chi connectivity index (χ1n) is 8.54. The first kappa shape index (κ1) is 23.2. The van der Waals surface area contributed by atoms with Crippen LogP contribution in [-0.4, -0.2) is 53.0 Å². The Balaban J connectivity index is 2.01. The fraction of sp³-hybridized carbons (Fsp3) is 0.211. The van der Waals surface area contributed by atoms with Crippen molar-refractivity contribution in [1.82, 2.24) is 5.43 Å². The van der Waals surface area contributed by atoms with Gasteiger partial charge in [0.15, 0.2) is 6.61 Å². The molecule has 0 spiro atoms. The lowest BCUT2D eigenvalue weighted by Gasteiger charge is -2.22. The van der Waals surface area contributed by atoms with Gasteiger partial charge in [-0.05, 0) is 29.8 Å². The van der Waals surface area contributed by atoms with Crippen molar-refractivity contribution in [3.8, 4) is 5.75 Å². The molecule has 0 aromatic heterocycles. The van der Waals surface area contributed by atoms with Crippen molar-refractivity contribution in [1.29, 1.82) is 0 Å². The van der Waals surface area contributed by atoms with E-state index in [-0.39, 0.29) is 17.3 Å². The van der Waals surface area contributed by atoms with Crippen molar-refractivity contribution in [2.45, 2.75) is 0 Å². The van der Waals surface area contributed by atoms with Crippen molar-refractivity contribution in [3.63, 3.8) is 0 Å². The van der Waals surface area contributed by atoms with E-state index in [0.717, 1.165) is 10.6 Å². The Morgan fingerprint density at radius 2 is 1.93 bits per heavy atom. The van der Waals surface area contributed by atoms with E-state index in [1.54, 1.807) is 36.4 Å². The van der Waals surface area contributed by atoms with Crippen LogP contribution in [0.2, 0.25) is 5.02 Å². The Morgan fingerprint density at radius 1 is 1.20 bits per heavy atom. The van der Waals surface area contributed by atoms with Crippen LogP contribution in [0.25, 0.3) is 0 Å². The van der Waals surface area contributed by atoms with Gasteiger partial charge < -0.3 is 9.47 Å². The van der Waals surface area contributed by atoms with Crippen molar-refractivity contribution in [2.24, 2.45) is 5.10 Å². The molecule has 160 valence electrons. The lowest BCUT2D eigenvalue weighted by Crippen LogP contribution is -2.39. The van der Waals surface area contributed by atoms with Gasteiger partial charge in [-0.15, -0.1) is 0 Å². The maximum Gasteiger partial charge on any atom is 0.343 e. The normalized spacial score (nSPS) is 11.2. The fourth-order valence-corrected chi connectivity index (χ4v) is 3.42. The van der Waals surface area contributed by atoms with Gasteiger partial charge in [-0.2, -0.15) is 5.10 Å². The number of para-hydroxylation sites is 1. The summed E-state index contributed by atoms with van der Waals surface area (Å²) in [5, 5.41) is 4.02. The van der Waals surface area contributed by atoms with Gasteiger partial charge >= 0.3 is 5.97 Å². The van der Waals surface area contributed by atoms with Crippen LogP contribution in [0, 0.1) is 0 Å². The highest BCUT2D eigenvalue weighted by atomic mass is 35.5. The monoisotopic (exact) mass is 453 g/mol. The van der Waals surface area contributed by atoms with E-state index in [2.05, 4.69) is 15.3 Å². The van der Waals surface area contributed by atoms with Gasteiger partial charge in [0, 0.05) is 0 Å². The molecule has 2 rings (SSSR count). The minimum atomic E-state index is -3.75. The number of hydrogen-bond acceptors (Lipinski definition) is 7. The Labute approximate surface area is 179 Å². The highest BCUT2D eigenvalue weighted by molar-refractivity contribution is 7.92. The summed E-state index contributed by atoms with van der Waals surface area (Å²) in [6, 6.07) is 12.9. The van der Waals surface area contributed by atoms with E-state index in [1.165, 1.54) is 25.5 Å². The lowest BCUT2D eigenvalue weighted by molar-refractivity contribution is -0.142. The number of esters is 1. The summed E-state index contributed by atoms with van der Waals surface area (Å²) in [4.78, 5) is 23.3. The quantitative estimate of drug-likeness (QED) is 0.352. The average molecular weight is 454 g/mol. The molecule has 30 heavy (non-hydrogen) atoms. The Morgan fingerprint density at radius 3 is 2.60 bits per heavy atom. The maximum absolute atomic E-state index is 12.2. The molecule has 0 unspecified atom stereocenters. The van der Waals surface area contributed by atoms with Crippen LogP contribution < -0.4 is 14.5 Å². The Kier molecular flexibility index (Phi) is 8.19. The largest absolute Gasteiger partial charge is 0.482 e. The molecule has 2 aromatic rings. The second-order valence-electron chi connectivity index (χ2n) is 5.95. The van der Waals surface area contributed by atoms with Crippen LogP contribution in [0.4, 0.5) is 5.69 Å². The van der Waals surface area contributed by atoms with E-state index in [9.17, 15) is 18.0 Å². The number of sulfonamides is 1. The number of hydrogen-bond donors (Lipinski definition) is 1. The van der Waals surface area contributed by atoms with Crippen molar-refractivity contribution < 1.29 is 27.5 Å². The average Bonchev–Trinajstić information content (AvgIpc) is 2.70. The first-order valence-corrected chi connectivity index (χ1v) is 10.8. The summed E-state index contributed by atoms with van der Waals surface area (Å²) in [6.07, 6.45) is 2.33. The van der Waals surface area contributed by atoms with E-state index in [0.29, 0.717) is 11.3 Å².